The summed E-state index contributed by atoms with van der Waals surface area (Å²) in [6.45, 7) is 1.99. The molecule has 0 heterocycles. The summed E-state index contributed by atoms with van der Waals surface area (Å²) in [4.78, 5) is 0. The molecule has 0 aliphatic heterocycles. The predicted octanol–water partition coefficient (Wildman–Crippen LogP) is 3.28. The minimum Gasteiger partial charge on any atom is -0.392 e. The first-order chi connectivity index (χ1) is 9.59. The second kappa shape index (κ2) is 8.97. The van der Waals surface area contributed by atoms with Gasteiger partial charge in [0.1, 0.15) is 0 Å². The van der Waals surface area contributed by atoms with E-state index in [1.165, 1.54) is 19.3 Å². The number of para-hydroxylation sites is 1. The van der Waals surface area contributed by atoms with Gasteiger partial charge in [-0.25, -0.2) is 8.42 Å². The van der Waals surface area contributed by atoms with Gasteiger partial charge in [-0.15, -0.1) is 0 Å². The molecule has 1 rings (SSSR count). The first kappa shape index (κ1) is 17.0. The van der Waals surface area contributed by atoms with Gasteiger partial charge in [0.15, 0.2) is 0 Å². The average molecular weight is 299 g/mol. The topological polar surface area (TPSA) is 66.4 Å². The second-order valence-electron chi connectivity index (χ2n) is 5.00. The van der Waals surface area contributed by atoms with E-state index in [0.29, 0.717) is 17.7 Å². The number of hydrogen-bond acceptors (Lipinski definition) is 3. The van der Waals surface area contributed by atoms with E-state index < -0.39 is 10.0 Å². The Morgan fingerprint density at radius 2 is 1.70 bits per heavy atom. The van der Waals surface area contributed by atoms with Crippen molar-refractivity contribution in [2.24, 2.45) is 0 Å². The molecule has 0 spiro atoms. The molecule has 0 atom stereocenters. The molecule has 114 valence electrons. The molecule has 0 fully saturated rings. The van der Waals surface area contributed by atoms with Crippen LogP contribution in [0.1, 0.15) is 51.0 Å². The molecule has 0 aliphatic carbocycles. The van der Waals surface area contributed by atoms with Crippen LogP contribution in [0.5, 0.6) is 0 Å². The third-order valence-corrected chi connectivity index (χ3v) is 4.58. The van der Waals surface area contributed by atoms with Crippen molar-refractivity contribution in [2.45, 2.75) is 52.1 Å². The highest BCUT2D eigenvalue weighted by atomic mass is 32.2. The summed E-state index contributed by atoms with van der Waals surface area (Å²) in [6.07, 6.45) is 6.31. The maximum atomic E-state index is 12.0. The van der Waals surface area contributed by atoms with Gasteiger partial charge in [-0.2, -0.15) is 0 Å². The van der Waals surface area contributed by atoms with Crippen LogP contribution in [0, 0.1) is 0 Å². The third-order valence-electron chi connectivity index (χ3n) is 3.22. The van der Waals surface area contributed by atoms with Crippen LogP contribution in [0.25, 0.3) is 0 Å². The Hall–Kier alpha value is -1.07. The Labute approximate surface area is 122 Å². The Bertz CT molecular complexity index is 486. The van der Waals surface area contributed by atoms with Gasteiger partial charge >= 0.3 is 0 Å². The minimum absolute atomic E-state index is 0.138. The Morgan fingerprint density at radius 1 is 1.05 bits per heavy atom. The minimum atomic E-state index is -3.32. The number of aliphatic hydroxyl groups is 1. The maximum absolute atomic E-state index is 12.0. The molecule has 20 heavy (non-hydrogen) atoms. The smallest absolute Gasteiger partial charge is 0.232 e. The summed E-state index contributed by atoms with van der Waals surface area (Å²) in [5.74, 6) is 0.138. The number of rotatable bonds is 10. The van der Waals surface area contributed by atoms with Gasteiger partial charge in [0.25, 0.3) is 0 Å². The van der Waals surface area contributed by atoms with E-state index in [9.17, 15) is 13.5 Å². The molecule has 0 amide bonds. The summed E-state index contributed by atoms with van der Waals surface area (Å²) in [7, 11) is -3.32. The van der Waals surface area contributed by atoms with Gasteiger partial charge in [0.05, 0.1) is 18.0 Å². The van der Waals surface area contributed by atoms with Crippen molar-refractivity contribution in [3.8, 4) is 0 Å². The molecular formula is C15H25NO3S. The lowest BCUT2D eigenvalue weighted by Gasteiger charge is -2.11. The Kier molecular flexibility index (Phi) is 7.62. The number of anilines is 1. The number of unbranched alkanes of at least 4 members (excludes halogenated alkanes) is 5. The summed E-state index contributed by atoms with van der Waals surface area (Å²) in [5.41, 5.74) is 1.07. The Balaban J connectivity index is 2.41. The van der Waals surface area contributed by atoms with E-state index in [-0.39, 0.29) is 12.4 Å². The van der Waals surface area contributed by atoms with Crippen molar-refractivity contribution in [1.29, 1.82) is 0 Å². The second-order valence-corrected chi connectivity index (χ2v) is 6.85. The molecule has 0 saturated heterocycles. The van der Waals surface area contributed by atoms with Crippen molar-refractivity contribution in [1.82, 2.24) is 0 Å². The molecule has 2 N–H and O–H groups in total. The number of benzene rings is 1. The number of hydrogen-bond donors (Lipinski definition) is 2. The predicted molar refractivity (Wildman–Crippen MR) is 83.2 cm³/mol. The highest BCUT2D eigenvalue weighted by molar-refractivity contribution is 7.92. The zero-order chi connectivity index (χ0) is 14.8. The molecule has 4 nitrogen and oxygen atoms in total. The zero-order valence-corrected chi connectivity index (χ0v) is 13.0. The fraction of sp³-hybridized carbons (Fsp3) is 0.600. The van der Waals surface area contributed by atoms with E-state index in [4.69, 9.17) is 0 Å². The van der Waals surface area contributed by atoms with Gasteiger partial charge in [-0.1, -0.05) is 57.2 Å². The van der Waals surface area contributed by atoms with Crippen molar-refractivity contribution in [3.05, 3.63) is 29.8 Å². The maximum Gasteiger partial charge on any atom is 0.232 e. The fourth-order valence-corrected chi connectivity index (χ4v) is 3.27. The lowest BCUT2D eigenvalue weighted by atomic mass is 10.1. The van der Waals surface area contributed by atoms with Gasteiger partial charge in [-0.05, 0) is 12.5 Å². The van der Waals surface area contributed by atoms with Crippen LogP contribution >= 0.6 is 0 Å². The highest BCUT2D eigenvalue weighted by Crippen LogP contribution is 2.17. The first-order valence-electron chi connectivity index (χ1n) is 7.28. The van der Waals surface area contributed by atoms with Gasteiger partial charge in [0.2, 0.25) is 10.0 Å². The highest BCUT2D eigenvalue weighted by Gasteiger charge is 2.11. The van der Waals surface area contributed by atoms with Crippen LogP contribution in [0.15, 0.2) is 24.3 Å². The lowest BCUT2D eigenvalue weighted by Crippen LogP contribution is -2.17. The summed E-state index contributed by atoms with van der Waals surface area (Å²) >= 11 is 0. The molecule has 1 aromatic carbocycles. The molecule has 0 aromatic heterocycles. The van der Waals surface area contributed by atoms with Crippen LogP contribution in [-0.2, 0) is 16.6 Å². The van der Waals surface area contributed by atoms with Crippen molar-refractivity contribution in [3.63, 3.8) is 0 Å². The summed E-state index contributed by atoms with van der Waals surface area (Å²) < 4.78 is 26.5. The first-order valence-corrected chi connectivity index (χ1v) is 8.93. The Morgan fingerprint density at radius 3 is 2.40 bits per heavy atom. The van der Waals surface area contributed by atoms with Crippen LogP contribution in [0.3, 0.4) is 0 Å². The molecule has 5 heteroatoms. The number of nitrogens with one attached hydrogen (secondary N) is 1. The van der Waals surface area contributed by atoms with Crippen LogP contribution < -0.4 is 4.72 Å². The number of sulfonamides is 1. The van der Waals surface area contributed by atoms with E-state index in [2.05, 4.69) is 11.6 Å². The molecule has 0 aliphatic rings. The standard InChI is InChI=1S/C15H25NO3S/c1-2-3-4-5-6-9-12-20(18,19)16-15-11-8-7-10-14(15)13-17/h7-8,10-11,16-17H,2-6,9,12-13H2,1H3. The molecule has 0 saturated carbocycles. The van der Waals surface area contributed by atoms with E-state index >= 15 is 0 Å². The summed E-state index contributed by atoms with van der Waals surface area (Å²) in [6, 6.07) is 6.91. The molecule has 0 unspecified atom stereocenters. The van der Waals surface area contributed by atoms with Gasteiger partial charge < -0.3 is 5.11 Å². The fourth-order valence-electron chi connectivity index (χ4n) is 2.05. The van der Waals surface area contributed by atoms with E-state index in [0.717, 1.165) is 12.8 Å². The van der Waals surface area contributed by atoms with Crippen LogP contribution in [0.2, 0.25) is 0 Å². The summed E-state index contributed by atoms with van der Waals surface area (Å²) in [5, 5.41) is 9.18. The van der Waals surface area contributed by atoms with Gasteiger partial charge in [-0.3, -0.25) is 4.72 Å². The van der Waals surface area contributed by atoms with E-state index in [1.807, 2.05) is 0 Å². The van der Waals surface area contributed by atoms with Crippen molar-refractivity contribution >= 4 is 15.7 Å². The normalized spacial score (nSPS) is 11.5. The largest absolute Gasteiger partial charge is 0.392 e. The van der Waals surface area contributed by atoms with Crippen LogP contribution in [0.4, 0.5) is 5.69 Å². The monoisotopic (exact) mass is 299 g/mol. The van der Waals surface area contributed by atoms with Crippen LogP contribution in [-0.4, -0.2) is 19.3 Å². The molecule has 0 bridgehead atoms. The number of aliphatic hydroxyl groups excluding tert-OH is 1. The molecule has 0 radical (unpaired) electrons. The quantitative estimate of drug-likeness (QED) is 0.652. The SMILES string of the molecule is CCCCCCCCS(=O)(=O)Nc1ccccc1CO. The third kappa shape index (κ3) is 6.39. The molecular weight excluding hydrogens is 274 g/mol. The molecule has 1 aromatic rings. The zero-order valence-electron chi connectivity index (χ0n) is 12.1. The van der Waals surface area contributed by atoms with E-state index in [1.54, 1.807) is 24.3 Å². The van der Waals surface area contributed by atoms with Crippen molar-refractivity contribution in [2.75, 3.05) is 10.5 Å². The average Bonchev–Trinajstić information content (AvgIpc) is 2.43. The van der Waals surface area contributed by atoms with Gasteiger partial charge in [0, 0.05) is 5.56 Å². The van der Waals surface area contributed by atoms with Crippen molar-refractivity contribution < 1.29 is 13.5 Å². The lowest BCUT2D eigenvalue weighted by molar-refractivity contribution is 0.282.